The van der Waals surface area contributed by atoms with Gasteiger partial charge in [0.2, 0.25) is 0 Å². The summed E-state index contributed by atoms with van der Waals surface area (Å²) in [6.45, 7) is 11.5. The molecule has 0 aromatic rings. The van der Waals surface area contributed by atoms with E-state index in [0.717, 1.165) is 11.3 Å². The summed E-state index contributed by atoms with van der Waals surface area (Å²) < 4.78 is 0. The van der Waals surface area contributed by atoms with Gasteiger partial charge in [-0.1, -0.05) is 6.92 Å². The van der Waals surface area contributed by atoms with Gasteiger partial charge in [-0.05, 0) is 27.7 Å². The van der Waals surface area contributed by atoms with Crippen molar-refractivity contribution >= 4 is 11.8 Å². The van der Waals surface area contributed by atoms with Gasteiger partial charge < -0.3 is 0 Å². The summed E-state index contributed by atoms with van der Waals surface area (Å²) in [6.07, 6.45) is 0. The molecule has 3 unspecified atom stereocenters. The quantitative estimate of drug-likeness (QED) is 0.599. The summed E-state index contributed by atoms with van der Waals surface area (Å²) in [5, 5.41) is 1.51. The number of hydrogen-bond donors (Lipinski definition) is 0. The maximum atomic E-state index is 2.59. The first-order valence-electron chi connectivity index (χ1n) is 4.47. The van der Waals surface area contributed by atoms with E-state index in [-0.39, 0.29) is 0 Å². The Morgan fingerprint density at radius 3 is 1.91 bits per heavy atom. The number of hydrogen-bond acceptors (Lipinski definition) is 2. The van der Waals surface area contributed by atoms with Gasteiger partial charge in [-0.15, -0.1) is 11.8 Å². The molecule has 0 aromatic carbocycles. The van der Waals surface area contributed by atoms with Crippen LogP contribution in [0.3, 0.4) is 0 Å². The van der Waals surface area contributed by atoms with Crippen LogP contribution in [0.1, 0.15) is 34.6 Å². The van der Waals surface area contributed by atoms with Crippen molar-refractivity contribution < 1.29 is 0 Å². The van der Waals surface area contributed by atoms with Crippen molar-refractivity contribution in [2.24, 2.45) is 0 Å². The van der Waals surface area contributed by atoms with Crippen LogP contribution < -0.4 is 0 Å². The largest absolute Gasteiger partial charge is 0.286 e. The lowest BCUT2D eigenvalue weighted by Gasteiger charge is -2.29. The molecule has 0 bridgehead atoms. The smallest absolute Gasteiger partial charge is 0.0537 e. The fraction of sp³-hybridized carbons (Fsp3) is 1.00. The summed E-state index contributed by atoms with van der Waals surface area (Å²) in [7, 11) is 0. The van der Waals surface area contributed by atoms with Gasteiger partial charge in [0.15, 0.2) is 0 Å². The minimum absolute atomic E-state index is 0.692. The van der Waals surface area contributed by atoms with Gasteiger partial charge in [0.1, 0.15) is 0 Å². The van der Waals surface area contributed by atoms with Crippen molar-refractivity contribution in [1.82, 2.24) is 4.90 Å². The third kappa shape index (κ3) is 1.73. The highest BCUT2D eigenvalue weighted by molar-refractivity contribution is 8.00. The number of rotatable bonds is 1. The van der Waals surface area contributed by atoms with E-state index >= 15 is 0 Å². The Balaban J connectivity index is 2.63. The average Bonchev–Trinajstić information content (AvgIpc) is 2.07. The molecule has 0 aromatic heterocycles. The van der Waals surface area contributed by atoms with E-state index in [9.17, 15) is 0 Å². The van der Waals surface area contributed by atoms with Crippen LogP contribution in [0.2, 0.25) is 0 Å². The van der Waals surface area contributed by atoms with Crippen LogP contribution in [-0.2, 0) is 0 Å². The molecule has 1 aliphatic heterocycles. The Morgan fingerprint density at radius 1 is 1.18 bits per heavy atom. The molecule has 2 heteroatoms. The molecule has 3 atom stereocenters. The van der Waals surface area contributed by atoms with Gasteiger partial charge >= 0.3 is 0 Å². The highest BCUT2D eigenvalue weighted by Crippen LogP contribution is 2.35. The van der Waals surface area contributed by atoms with Crippen LogP contribution in [0.15, 0.2) is 0 Å². The second-order valence-electron chi connectivity index (χ2n) is 3.72. The zero-order valence-electron chi connectivity index (χ0n) is 8.16. The first-order chi connectivity index (χ1) is 5.04. The van der Waals surface area contributed by atoms with E-state index < -0.39 is 0 Å². The lowest BCUT2D eigenvalue weighted by molar-refractivity contribution is 0.174. The molecule has 1 fully saturated rings. The van der Waals surface area contributed by atoms with Crippen LogP contribution in [0.4, 0.5) is 0 Å². The molecule has 0 amide bonds. The Morgan fingerprint density at radius 2 is 1.73 bits per heavy atom. The molecule has 1 nitrogen and oxygen atoms in total. The minimum Gasteiger partial charge on any atom is -0.286 e. The number of nitrogens with zero attached hydrogens (tertiary/aromatic N) is 1. The second-order valence-corrected chi connectivity index (χ2v) is 5.42. The van der Waals surface area contributed by atoms with E-state index in [1.807, 2.05) is 0 Å². The predicted molar refractivity (Wildman–Crippen MR) is 53.0 cm³/mol. The Labute approximate surface area is 74.5 Å². The van der Waals surface area contributed by atoms with E-state index in [4.69, 9.17) is 0 Å². The molecule has 0 spiro atoms. The van der Waals surface area contributed by atoms with Crippen molar-refractivity contribution in [3.63, 3.8) is 0 Å². The van der Waals surface area contributed by atoms with Crippen LogP contribution >= 0.6 is 11.8 Å². The third-order valence-corrected chi connectivity index (χ3v) is 4.04. The summed E-state index contributed by atoms with van der Waals surface area (Å²) in [5.74, 6) is 0. The molecule has 1 saturated heterocycles. The van der Waals surface area contributed by atoms with Crippen molar-refractivity contribution in [3.05, 3.63) is 0 Å². The van der Waals surface area contributed by atoms with Crippen molar-refractivity contribution in [3.8, 4) is 0 Å². The summed E-state index contributed by atoms with van der Waals surface area (Å²) >= 11 is 2.09. The summed E-state index contributed by atoms with van der Waals surface area (Å²) in [5.41, 5.74) is 0. The van der Waals surface area contributed by atoms with E-state index in [2.05, 4.69) is 51.3 Å². The fourth-order valence-corrected chi connectivity index (χ4v) is 3.52. The van der Waals surface area contributed by atoms with Crippen molar-refractivity contribution in [2.45, 2.75) is 57.3 Å². The van der Waals surface area contributed by atoms with Gasteiger partial charge in [0.05, 0.1) is 5.37 Å². The van der Waals surface area contributed by atoms with Crippen LogP contribution in [0.25, 0.3) is 0 Å². The molecule has 1 rings (SSSR count). The Kier molecular flexibility index (Phi) is 2.87. The highest BCUT2D eigenvalue weighted by atomic mass is 32.2. The lowest BCUT2D eigenvalue weighted by atomic mass is 10.2. The predicted octanol–water partition coefficient (Wildman–Crippen LogP) is 2.57. The Hall–Kier alpha value is 0.310. The molecule has 0 saturated carbocycles. The van der Waals surface area contributed by atoms with Gasteiger partial charge in [-0.2, -0.15) is 0 Å². The fourth-order valence-electron chi connectivity index (χ4n) is 1.96. The molecule has 1 heterocycles. The zero-order chi connectivity index (χ0) is 8.59. The second kappa shape index (κ2) is 3.36. The van der Waals surface area contributed by atoms with E-state index in [0.29, 0.717) is 11.4 Å². The third-order valence-electron chi connectivity index (χ3n) is 2.58. The van der Waals surface area contributed by atoms with Crippen molar-refractivity contribution in [2.75, 3.05) is 0 Å². The topological polar surface area (TPSA) is 3.24 Å². The molecule has 11 heavy (non-hydrogen) atoms. The molecule has 0 N–H and O–H groups in total. The zero-order valence-corrected chi connectivity index (χ0v) is 8.98. The first kappa shape index (κ1) is 9.40. The van der Waals surface area contributed by atoms with E-state index in [1.165, 1.54) is 0 Å². The van der Waals surface area contributed by atoms with Gasteiger partial charge in [-0.25, -0.2) is 0 Å². The lowest BCUT2D eigenvalue weighted by Crippen LogP contribution is -2.40. The highest BCUT2D eigenvalue weighted by Gasteiger charge is 2.35. The minimum atomic E-state index is 0.692. The molecule has 0 aliphatic carbocycles. The summed E-state index contributed by atoms with van der Waals surface area (Å²) in [6, 6.07) is 1.44. The molecule has 66 valence electrons. The van der Waals surface area contributed by atoms with Crippen LogP contribution in [0, 0.1) is 0 Å². The van der Waals surface area contributed by atoms with Gasteiger partial charge in [0, 0.05) is 17.3 Å². The molecular formula is C9H19NS. The van der Waals surface area contributed by atoms with Crippen molar-refractivity contribution in [1.29, 1.82) is 0 Å². The monoisotopic (exact) mass is 173 g/mol. The summed E-state index contributed by atoms with van der Waals surface area (Å²) in [4.78, 5) is 2.59. The molecule has 1 aliphatic rings. The maximum absolute atomic E-state index is 2.59. The first-order valence-corrected chi connectivity index (χ1v) is 5.41. The number of thioether (sulfide) groups is 1. The normalized spacial score (nSPS) is 40.4. The van der Waals surface area contributed by atoms with Crippen LogP contribution in [-0.4, -0.2) is 27.6 Å². The van der Waals surface area contributed by atoms with Gasteiger partial charge in [-0.3, -0.25) is 4.90 Å². The maximum Gasteiger partial charge on any atom is 0.0537 e. The average molecular weight is 173 g/mol. The Bertz CT molecular complexity index is 136. The SMILES string of the molecule is CC1SC(C)N(C(C)C)C1C. The molecular weight excluding hydrogens is 154 g/mol. The molecule has 0 radical (unpaired) electrons. The standard InChI is InChI=1S/C9H19NS/c1-6(2)10-7(3)8(4)11-9(10)5/h6-9H,1-5H3. The van der Waals surface area contributed by atoms with Crippen LogP contribution in [0.5, 0.6) is 0 Å². The van der Waals surface area contributed by atoms with E-state index in [1.54, 1.807) is 0 Å². The van der Waals surface area contributed by atoms with Gasteiger partial charge in [0.25, 0.3) is 0 Å².